The highest BCUT2D eigenvalue weighted by Gasteiger charge is 2.19. The van der Waals surface area contributed by atoms with Crippen LogP contribution in [0.15, 0.2) is 36.4 Å². The standard InChI is InChI=1S/C16H17FO4/c1-19-11-7-10(8-12(9-11)20-2)16(18)13-5-4-6-14(21-3)15(13)17/h4-9,16,18H,1-3H3. The Balaban J connectivity index is 2.46. The van der Waals surface area contributed by atoms with Gasteiger partial charge in [-0.3, -0.25) is 0 Å². The molecule has 0 aliphatic carbocycles. The summed E-state index contributed by atoms with van der Waals surface area (Å²) in [7, 11) is 4.40. The van der Waals surface area contributed by atoms with Gasteiger partial charge in [0.2, 0.25) is 0 Å². The molecule has 0 aliphatic rings. The smallest absolute Gasteiger partial charge is 0.171 e. The summed E-state index contributed by atoms with van der Waals surface area (Å²) in [6.07, 6.45) is -1.15. The number of hydrogen-bond donors (Lipinski definition) is 1. The molecule has 0 bridgehead atoms. The van der Waals surface area contributed by atoms with Crippen molar-refractivity contribution < 1.29 is 23.7 Å². The maximum absolute atomic E-state index is 14.2. The number of benzene rings is 2. The number of aliphatic hydroxyl groups excluding tert-OH is 1. The lowest BCUT2D eigenvalue weighted by Crippen LogP contribution is -2.05. The molecule has 0 saturated carbocycles. The van der Waals surface area contributed by atoms with Crippen LogP contribution in [0.1, 0.15) is 17.2 Å². The number of aliphatic hydroxyl groups is 1. The van der Waals surface area contributed by atoms with Gasteiger partial charge in [-0.15, -0.1) is 0 Å². The van der Waals surface area contributed by atoms with Crippen LogP contribution in [0.3, 0.4) is 0 Å². The van der Waals surface area contributed by atoms with Gasteiger partial charge in [0.1, 0.15) is 17.6 Å². The van der Waals surface area contributed by atoms with E-state index in [-0.39, 0.29) is 11.3 Å². The van der Waals surface area contributed by atoms with E-state index in [0.29, 0.717) is 17.1 Å². The Bertz CT molecular complexity index is 605. The molecule has 1 atom stereocenters. The van der Waals surface area contributed by atoms with Crippen LogP contribution in [0.2, 0.25) is 0 Å². The fourth-order valence-corrected chi connectivity index (χ4v) is 2.06. The second-order valence-corrected chi connectivity index (χ2v) is 4.41. The summed E-state index contributed by atoms with van der Waals surface area (Å²) in [5.74, 6) is 0.536. The van der Waals surface area contributed by atoms with Gasteiger partial charge in [0.05, 0.1) is 21.3 Å². The molecule has 4 nitrogen and oxygen atoms in total. The third kappa shape index (κ3) is 3.08. The van der Waals surface area contributed by atoms with Crippen molar-refractivity contribution >= 4 is 0 Å². The van der Waals surface area contributed by atoms with Crippen molar-refractivity contribution in [2.24, 2.45) is 0 Å². The predicted molar refractivity (Wildman–Crippen MR) is 76.6 cm³/mol. The zero-order chi connectivity index (χ0) is 15.4. The number of methoxy groups -OCH3 is 3. The van der Waals surface area contributed by atoms with Crippen LogP contribution >= 0.6 is 0 Å². The minimum Gasteiger partial charge on any atom is -0.497 e. The molecule has 0 radical (unpaired) electrons. The average molecular weight is 292 g/mol. The first kappa shape index (κ1) is 15.1. The van der Waals surface area contributed by atoms with E-state index in [0.717, 1.165) is 0 Å². The van der Waals surface area contributed by atoms with Gasteiger partial charge in [-0.05, 0) is 23.8 Å². The number of ether oxygens (including phenoxy) is 3. The van der Waals surface area contributed by atoms with Crippen LogP contribution < -0.4 is 14.2 Å². The number of rotatable bonds is 5. The molecule has 112 valence electrons. The molecule has 1 N–H and O–H groups in total. The normalized spacial score (nSPS) is 11.9. The van der Waals surface area contributed by atoms with Gasteiger partial charge in [0.25, 0.3) is 0 Å². The topological polar surface area (TPSA) is 47.9 Å². The van der Waals surface area contributed by atoms with Crippen molar-refractivity contribution in [1.29, 1.82) is 0 Å². The van der Waals surface area contributed by atoms with E-state index >= 15 is 0 Å². The summed E-state index contributed by atoms with van der Waals surface area (Å²) >= 11 is 0. The van der Waals surface area contributed by atoms with Crippen LogP contribution in [-0.4, -0.2) is 26.4 Å². The van der Waals surface area contributed by atoms with Crippen LogP contribution in [0.25, 0.3) is 0 Å². The summed E-state index contributed by atoms with van der Waals surface area (Å²) in [4.78, 5) is 0. The molecule has 0 aliphatic heterocycles. The zero-order valence-electron chi connectivity index (χ0n) is 12.1. The SMILES string of the molecule is COc1cc(OC)cc(C(O)c2cccc(OC)c2F)c1. The molecule has 0 aromatic heterocycles. The molecule has 0 saturated heterocycles. The van der Waals surface area contributed by atoms with Gasteiger partial charge in [-0.2, -0.15) is 0 Å². The lowest BCUT2D eigenvalue weighted by molar-refractivity contribution is 0.212. The second-order valence-electron chi connectivity index (χ2n) is 4.41. The first-order valence-electron chi connectivity index (χ1n) is 6.34. The number of hydrogen-bond acceptors (Lipinski definition) is 4. The molecule has 0 fully saturated rings. The molecule has 5 heteroatoms. The third-order valence-electron chi connectivity index (χ3n) is 3.20. The summed E-state index contributed by atoms with van der Waals surface area (Å²) in [5.41, 5.74) is 0.600. The Morgan fingerprint density at radius 3 is 2.10 bits per heavy atom. The third-order valence-corrected chi connectivity index (χ3v) is 3.20. The first-order valence-corrected chi connectivity index (χ1v) is 6.34. The first-order chi connectivity index (χ1) is 10.1. The summed E-state index contributed by atoms with van der Waals surface area (Å²) in [5, 5.41) is 10.4. The summed E-state index contributed by atoms with van der Waals surface area (Å²) in [6.45, 7) is 0. The van der Waals surface area contributed by atoms with Crippen LogP contribution in [0.4, 0.5) is 4.39 Å². The minimum absolute atomic E-state index is 0.0846. The van der Waals surface area contributed by atoms with Crippen molar-refractivity contribution in [3.63, 3.8) is 0 Å². The quantitative estimate of drug-likeness (QED) is 0.920. The van der Waals surface area contributed by atoms with Gasteiger partial charge in [-0.25, -0.2) is 4.39 Å². The largest absolute Gasteiger partial charge is 0.497 e. The van der Waals surface area contributed by atoms with E-state index in [2.05, 4.69) is 0 Å². The van der Waals surface area contributed by atoms with Crippen LogP contribution in [0.5, 0.6) is 17.2 Å². The van der Waals surface area contributed by atoms with Crippen molar-refractivity contribution in [1.82, 2.24) is 0 Å². The maximum Gasteiger partial charge on any atom is 0.171 e. The Hall–Kier alpha value is -2.27. The fraction of sp³-hybridized carbons (Fsp3) is 0.250. The maximum atomic E-state index is 14.2. The zero-order valence-corrected chi connectivity index (χ0v) is 12.1. The van der Waals surface area contributed by atoms with Gasteiger partial charge in [-0.1, -0.05) is 12.1 Å². The Kier molecular flexibility index (Phi) is 4.65. The van der Waals surface area contributed by atoms with Gasteiger partial charge in [0.15, 0.2) is 11.6 Å². The highest BCUT2D eigenvalue weighted by molar-refractivity contribution is 5.43. The highest BCUT2D eigenvalue weighted by atomic mass is 19.1. The van der Waals surface area contributed by atoms with E-state index in [1.807, 2.05) is 0 Å². The van der Waals surface area contributed by atoms with Gasteiger partial charge in [0, 0.05) is 11.6 Å². The Morgan fingerprint density at radius 2 is 1.57 bits per heavy atom. The van der Waals surface area contributed by atoms with Crippen molar-refractivity contribution in [2.75, 3.05) is 21.3 Å². The van der Waals surface area contributed by atoms with Gasteiger partial charge >= 0.3 is 0 Å². The van der Waals surface area contributed by atoms with E-state index in [9.17, 15) is 9.50 Å². The van der Waals surface area contributed by atoms with Crippen molar-refractivity contribution in [2.45, 2.75) is 6.10 Å². The molecule has 21 heavy (non-hydrogen) atoms. The lowest BCUT2D eigenvalue weighted by atomic mass is 10.00. The molecule has 0 amide bonds. The molecule has 0 spiro atoms. The molecule has 1 unspecified atom stereocenters. The summed E-state index contributed by atoms with van der Waals surface area (Å²) in [6, 6.07) is 9.57. The molecule has 2 aromatic carbocycles. The summed E-state index contributed by atoms with van der Waals surface area (Å²) < 4.78 is 29.5. The highest BCUT2D eigenvalue weighted by Crippen LogP contribution is 2.33. The Labute approximate surface area is 122 Å². The molecule has 2 rings (SSSR count). The van der Waals surface area contributed by atoms with Crippen molar-refractivity contribution in [3.05, 3.63) is 53.3 Å². The number of halogens is 1. The molecule has 2 aromatic rings. The van der Waals surface area contributed by atoms with Gasteiger partial charge < -0.3 is 19.3 Å². The van der Waals surface area contributed by atoms with Crippen molar-refractivity contribution in [3.8, 4) is 17.2 Å². The minimum atomic E-state index is -1.15. The fourth-order valence-electron chi connectivity index (χ4n) is 2.06. The average Bonchev–Trinajstić information content (AvgIpc) is 2.53. The molecular formula is C16H17FO4. The van der Waals surface area contributed by atoms with E-state index in [1.165, 1.54) is 33.5 Å². The van der Waals surface area contributed by atoms with E-state index in [1.54, 1.807) is 24.3 Å². The second kappa shape index (κ2) is 6.45. The predicted octanol–water partition coefficient (Wildman–Crippen LogP) is 2.93. The molecular weight excluding hydrogens is 275 g/mol. The monoisotopic (exact) mass is 292 g/mol. The molecule has 0 heterocycles. The van der Waals surface area contributed by atoms with Crippen LogP contribution in [-0.2, 0) is 0 Å². The lowest BCUT2D eigenvalue weighted by Gasteiger charge is -2.16. The van der Waals surface area contributed by atoms with Crippen LogP contribution in [0, 0.1) is 5.82 Å². The van der Waals surface area contributed by atoms with E-state index < -0.39 is 11.9 Å². The Morgan fingerprint density at radius 1 is 0.952 bits per heavy atom. The van der Waals surface area contributed by atoms with E-state index in [4.69, 9.17) is 14.2 Å².